The fourth-order valence-electron chi connectivity index (χ4n) is 3.54. The normalized spacial score (nSPS) is 26.2. The van der Waals surface area contributed by atoms with E-state index in [0.29, 0.717) is 0 Å². The van der Waals surface area contributed by atoms with Crippen LogP contribution in [0.25, 0.3) is 5.70 Å². The van der Waals surface area contributed by atoms with Crippen LogP contribution in [0, 0.1) is 5.41 Å². The SMILES string of the molecule is CC(C)(C)C1=CC=CC23CC=CC=C2n2c(S)cnc2N13. The predicted octanol–water partition coefficient (Wildman–Crippen LogP) is 4.03. The van der Waals surface area contributed by atoms with E-state index < -0.39 is 0 Å². The minimum absolute atomic E-state index is 0.0575. The summed E-state index contributed by atoms with van der Waals surface area (Å²) in [5, 5.41) is 0.891. The number of nitrogens with zero attached hydrogens (tertiary/aromatic N) is 3. The third kappa shape index (κ3) is 1.54. The molecule has 3 heterocycles. The third-order valence-electron chi connectivity index (χ3n) is 4.46. The Morgan fingerprint density at radius 1 is 1.24 bits per heavy atom. The van der Waals surface area contributed by atoms with E-state index in [4.69, 9.17) is 0 Å². The number of thiol groups is 1. The van der Waals surface area contributed by atoms with Crippen molar-refractivity contribution in [2.45, 2.75) is 37.8 Å². The highest BCUT2D eigenvalue weighted by atomic mass is 32.1. The highest BCUT2D eigenvalue weighted by molar-refractivity contribution is 7.80. The maximum atomic E-state index is 4.63. The van der Waals surface area contributed by atoms with Crippen molar-refractivity contribution in [1.29, 1.82) is 0 Å². The molecule has 108 valence electrons. The van der Waals surface area contributed by atoms with E-state index in [-0.39, 0.29) is 11.0 Å². The van der Waals surface area contributed by atoms with E-state index in [1.807, 2.05) is 6.20 Å². The van der Waals surface area contributed by atoms with E-state index in [1.165, 1.54) is 11.4 Å². The van der Waals surface area contributed by atoms with Gasteiger partial charge in [0.1, 0.15) is 5.54 Å². The monoisotopic (exact) mass is 297 g/mol. The van der Waals surface area contributed by atoms with Gasteiger partial charge in [-0.3, -0.25) is 9.47 Å². The van der Waals surface area contributed by atoms with Crippen LogP contribution in [-0.4, -0.2) is 15.1 Å². The molecule has 0 saturated carbocycles. The Balaban J connectivity index is 2.02. The van der Waals surface area contributed by atoms with Crippen molar-refractivity contribution >= 4 is 24.3 Å². The molecule has 1 aromatic heterocycles. The van der Waals surface area contributed by atoms with E-state index in [0.717, 1.165) is 17.4 Å². The van der Waals surface area contributed by atoms with Gasteiger partial charge in [-0.1, -0.05) is 45.1 Å². The number of fused-ring (bicyclic) bond motifs is 3. The van der Waals surface area contributed by atoms with E-state index >= 15 is 0 Å². The first-order valence-corrected chi connectivity index (χ1v) is 7.74. The van der Waals surface area contributed by atoms with Gasteiger partial charge >= 0.3 is 0 Å². The second-order valence-electron chi connectivity index (χ2n) is 6.86. The number of anilines is 1. The minimum Gasteiger partial charge on any atom is -0.299 e. The molecule has 1 aromatic rings. The second-order valence-corrected chi connectivity index (χ2v) is 7.31. The average molecular weight is 297 g/mol. The van der Waals surface area contributed by atoms with Gasteiger partial charge in [0.25, 0.3) is 0 Å². The Kier molecular flexibility index (Phi) is 2.45. The molecule has 21 heavy (non-hydrogen) atoms. The molecule has 4 rings (SSSR count). The zero-order valence-electron chi connectivity index (χ0n) is 12.5. The van der Waals surface area contributed by atoms with Gasteiger partial charge in [0.05, 0.1) is 16.9 Å². The first kappa shape index (κ1) is 13.0. The van der Waals surface area contributed by atoms with Crippen LogP contribution in [0.4, 0.5) is 5.95 Å². The smallest absolute Gasteiger partial charge is 0.216 e. The summed E-state index contributed by atoms with van der Waals surface area (Å²) in [5.41, 5.74) is 2.45. The topological polar surface area (TPSA) is 21.1 Å². The molecular formula is C17H19N3S. The number of rotatable bonds is 0. The standard InChI is InChI=1S/C17H19N3S/c1-16(2,3)12-8-6-10-17-9-5-4-7-13(17)19-14(21)11-18-15(19)20(12)17/h4-8,10-11,21H,9H2,1-3H3. The highest BCUT2D eigenvalue weighted by Crippen LogP contribution is 2.53. The highest BCUT2D eigenvalue weighted by Gasteiger charge is 2.51. The Labute approximate surface area is 130 Å². The first-order chi connectivity index (χ1) is 9.95. The molecule has 4 heteroatoms. The van der Waals surface area contributed by atoms with Crippen LogP contribution in [0.3, 0.4) is 0 Å². The first-order valence-electron chi connectivity index (χ1n) is 7.30. The summed E-state index contributed by atoms with van der Waals surface area (Å²) in [7, 11) is 0. The molecule has 2 aliphatic heterocycles. The van der Waals surface area contributed by atoms with Gasteiger partial charge in [0, 0.05) is 11.1 Å². The number of allylic oxidation sites excluding steroid dienone is 5. The van der Waals surface area contributed by atoms with Crippen LogP contribution >= 0.6 is 12.6 Å². The number of imidazole rings is 1. The van der Waals surface area contributed by atoms with Crippen molar-refractivity contribution in [3.63, 3.8) is 0 Å². The fourth-order valence-corrected chi connectivity index (χ4v) is 3.79. The maximum Gasteiger partial charge on any atom is 0.216 e. The van der Waals surface area contributed by atoms with E-state index in [2.05, 4.69) is 84.3 Å². The number of aromatic nitrogens is 2. The molecule has 1 unspecified atom stereocenters. The van der Waals surface area contributed by atoms with Gasteiger partial charge in [-0.05, 0) is 18.6 Å². The van der Waals surface area contributed by atoms with Crippen molar-refractivity contribution < 1.29 is 0 Å². The van der Waals surface area contributed by atoms with Gasteiger partial charge in [0.15, 0.2) is 0 Å². The molecule has 0 saturated heterocycles. The van der Waals surface area contributed by atoms with Crippen LogP contribution in [-0.2, 0) is 0 Å². The number of hydrogen-bond acceptors (Lipinski definition) is 3. The van der Waals surface area contributed by atoms with Crippen LogP contribution in [0.2, 0.25) is 0 Å². The van der Waals surface area contributed by atoms with Crippen molar-refractivity contribution in [1.82, 2.24) is 9.55 Å². The van der Waals surface area contributed by atoms with Crippen molar-refractivity contribution in [2.75, 3.05) is 4.90 Å². The molecule has 0 N–H and O–H groups in total. The van der Waals surface area contributed by atoms with E-state index in [9.17, 15) is 0 Å². The second kappa shape index (κ2) is 3.95. The van der Waals surface area contributed by atoms with E-state index in [1.54, 1.807) is 0 Å². The van der Waals surface area contributed by atoms with Crippen LogP contribution in [0.15, 0.2) is 53.4 Å². The zero-order chi connectivity index (χ0) is 14.8. The Bertz CT molecular complexity index is 743. The molecule has 0 aromatic carbocycles. The molecule has 0 amide bonds. The molecule has 0 bridgehead atoms. The summed E-state index contributed by atoms with van der Waals surface area (Å²) < 4.78 is 2.17. The van der Waals surface area contributed by atoms with Crippen molar-refractivity contribution in [2.24, 2.45) is 5.41 Å². The largest absolute Gasteiger partial charge is 0.299 e. The predicted molar refractivity (Wildman–Crippen MR) is 89.4 cm³/mol. The van der Waals surface area contributed by atoms with Crippen LogP contribution in [0.5, 0.6) is 0 Å². The average Bonchev–Trinajstić information content (AvgIpc) is 2.93. The van der Waals surface area contributed by atoms with Gasteiger partial charge in [-0.25, -0.2) is 4.98 Å². The molecule has 1 aliphatic carbocycles. The van der Waals surface area contributed by atoms with Gasteiger partial charge in [-0.15, -0.1) is 12.6 Å². The van der Waals surface area contributed by atoms with Gasteiger partial charge in [0.2, 0.25) is 5.95 Å². The molecule has 3 nitrogen and oxygen atoms in total. The summed E-state index contributed by atoms with van der Waals surface area (Å²) in [6, 6.07) is 0. The Morgan fingerprint density at radius 2 is 2.05 bits per heavy atom. The lowest BCUT2D eigenvalue weighted by Gasteiger charge is -2.44. The third-order valence-corrected chi connectivity index (χ3v) is 4.78. The summed E-state index contributed by atoms with van der Waals surface area (Å²) in [6.07, 6.45) is 16.0. The quantitative estimate of drug-likeness (QED) is 0.730. The summed E-state index contributed by atoms with van der Waals surface area (Å²) >= 11 is 4.60. The summed E-state index contributed by atoms with van der Waals surface area (Å²) in [4.78, 5) is 7.02. The van der Waals surface area contributed by atoms with Crippen LogP contribution in [0.1, 0.15) is 27.2 Å². The maximum absolute atomic E-state index is 4.63. The lowest BCUT2D eigenvalue weighted by molar-refractivity contribution is 0.455. The molecule has 1 spiro atoms. The lowest BCUT2D eigenvalue weighted by atomic mass is 9.80. The molecule has 3 aliphatic rings. The molecule has 0 radical (unpaired) electrons. The van der Waals surface area contributed by atoms with Gasteiger partial charge in [-0.2, -0.15) is 0 Å². The van der Waals surface area contributed by atoms with Crippen molar-refractivity contribution in [3.8, 4) is 0 Å². The summed E-state index contributed by atoms with van der Waals surface area (Å²) in [5.74, 6) is 0.973. The lowest BCUT2D eigenvalue weighted by Crippen LogP contribution is -2.48. The molecular weight excluding hydrogens is 278 g/mol. The Hall–Kier alpha value is -1.68. The molecule has 1 atom stereocenters. The fraction of sp³-hybridized carbons (Fsp3) is 0.353. The minimum atomic E-state index is -0.146. The Morgan fingerprint density at radius 3 is 2.81 bits per heavy atom. The molecule has 0 fully saturated rings. The summed E-state index contributed by atoms with van der Waals surface area (Å²) in [6.45, 7) is 6.75. The van der Waals surface area contributed by atoms with Crippen molar-refractivity contribution in [3.05, 3.63) is 48.4 Å². The number of hydrogen-bond donors (Lipinski definition) is 1. The van der Waals surface area contributed by atoms with Gasteiger partial charge < -0.3 is 0 Å². The van der Waals surface area contributed by atoms with Crippen LogP contribution < -0.4 is 4.90 Å². The zero-order valence-corrected chi connectivity index (χ0v) is 13.4.